The molecule has 0 aliphatic rings. The van der Waals surface area contributed by atoms with Crippen molar-refractivity contribution in [2.24, 2.45) is 0 Å². The molecule has 1 atom stereocenters. The molecule has 0 radical (unpaired) electrons. The minimum absolute atomic E-state index is 0.381. The highest BCUT2D eigenvalue weighted by Crippen LogP contribution is 2.14. The van der Waals surface area contributed by atoms with Crippen molar-refractivity contribution in [2.45, 2.75) is 46.1 Å². The van der Waals surface area contributed by atoms with Crippen LogP contribution in [0.3, 0.4) is 0 Å². The summed E-state index contributed by atoms with van der Waals surface area (Å²) in [5.74, 6) is -1.39. The van der Waals surface area contributed by atoms with Gasteiger partial charge in [0.25, 0.3) is 5.91 Å². The lowest BCUT2D eigenvalue weighted by molar-refractivity contribution is -0.139. The third-order valence-corrected chi connectivity index (χ3v) is 3.73. The number of carboxylic acid groups (broad SMARTS) is 1. The number of hydrogen-bond acceptors (Lipinski definition) is 3. The molecule has 2 rings (SSSR count). The maximum Gasteiger partial charge on any atom is 0.326 e. The van der Waals surface area contributed by atoms with Crippen LogP contribution in [0, 0.1) is 6.92 Å². The van der Waals surface area contributed by atoms with Crippen molar-refractivity contribution in [3.63, 3.8) is 0 Å². The summed E-state index contributed by atoms with van der Waals surface area (Å²) in [5.41, 5.74) is 3.20. The monoisotopic (exact) mass is 303 g/mol. The van der Waals surface area contributed by atoms with Crippen LogP contribution in [-0.2, 0) is 11.2 Å². The SMILES string of the molecule is CCCC(NC(=O)c1ccc2nc(CC)c(C)n2c1)C(=O)O. The summed E-state index contributed by atoms with van der Waals surface area (Å²) >= 11 is 0. The van der Waals surface area contributed by atoms with E-state index in [1.165, 1.54) is 0 Å². The Morgan fingerprint density at radius 2 is 2.09 bits per heavy atom. The van der Waals surface area contributed by atoms with Crippen LogP contribution in [0.1, 0.15) is 48.4 Å². The predicted molar refractivity (Wildman–Crippen MR) is 83.1 cm³/mol. The lowest BCUT2D eigenvalue weighted by Crippen LogP contribution is -2.40. The standard InChI is InChI=1S/C16H21N3O3/c1-4-6-13(16(21)22)18-15(20)11-7-8-14-17-12(5-2)10(3)19(14)9-11/h7-9,13H,4-6H2,1-3H3,(H,18,20)(H,21,22). The number of nitrogens with zero attached hydrogens (tertiary/aromatic N) is 2. The molecule has 0 aliphatic carbocycles. The second-order valence-corrected chi connectivity index (χ2v) is 5.30. The molecule has 0 aliphatic heterocycles. The van der Waals surface area contributed by atoms with Gasteiger partial charge in [-0.25, -0.2) is 9.78 Å². The fourth-order valence-electron chi connectivity index (χ4n) is 2.47. The van der Waals surface area contributed by atoms with Crippen LogP contribution in [-0.4, -0.2) is 32.4 Å². The van der Waals surface area contributed by atoms with Crippen molar-refractivity contribution < 1.29 is 14.7 Å². The summed E-state index contributed by atoms with van der Waals surface area (Å²) in [6.45, 7) is 5.87. The first-order valence-electron chi connectivity index (χ1n) is 7.49. The van der Waals surface area contributed by atoms with Crippen molar-refractivity contribution in [1.82, 2.24) is 14.7 Å². The molecule has 6 nitrogen and oxygen atoms in total. The molecule has 0 spiro atoms. The molecule has 2 N–H and O–H groups in total. The van der Waals surface area contributed by atoms with Gasteiger partial charge in [-0.05, 0) is 31.9 Å². The zero-order chi connectivity index (χ0) is 16.3. The zero-order valence-electron chi connectivity index (χ0n) is 13.1. The Hall–Kier alpha value is -2.37. The van der Waals surface area contributed by atoms with E-state index in [0.29, 0.717) is 18.4 Å². The first-order chi connectivity index (χ1) is 10.5. The van der Waals surface area contributed by atoms with Crippen LogP contribution in [0.2, 0.25) is 0 Å². The van der Waals surface area contributed by atoms with Gasteiger partial charge >= 0.3 is 5.97 Å². The van der Waals surface area contributed by atoms with Gasteiger partial charge in [0.2, 0.25) is 0 Å². The fraction of sp³-hybridized carbons (Fsp3) is 0.438. The van der Waals surface area contributed by atoms with Gasteiger partial charge < -0.3 is 14.8 Å². The molecular formula is C16H21N3O3. The second kappa shape index (κ2) is 6.60. The highest BCUT2D eigenvalue weighted by atomic mass is 16.4. The molecule has 2 heterocycles. The van der Waals surface area contributed by atoms with E-state index >= 15 is 0 Å². The number of amides is 1. The van der Waals surface area contributed by atoms with E-state index in [9.17, 15) is 9.59 Å². The molecule has 0 saturated carbocycles. The second-order valence-electron chi connectivity index (χ2n) is 5.30. The number of aliphatic carboxylic acids is 1. The molecule has 0 aromatic carbocycles. The number of imidazole rings is 1. The number of carbonyl (C=O) groups is 2. The Morgan fingerprint density at radius 3 is 2.68 bits per heavy atom. The molecular weight excluding hydrogens is 282 g/mol. The third kappa shape index (κ3) is 3.10. The van der Waals surface area contributed by atoms with E-state index in [2.05, 4.69) is 10.3 Å². The normalized spacial score (nSPS) is 12.3. The maximum atomic E-state index is 12.3. The number of nitrogens with one attached hydrogen (secondary N) is 1. The molecule has 22 heavy (non-hydrogen) atoms. The van der Waals surface area contributed by atoms with Crippen LogP contribution in [0.25, 0.3) is 5.65 Å². The van der Waals surface area contributed by atoms with Gasteiger partial charge in [0.1, 0.15) is 11.7 Å². The number of hydrogen-bond donors (Lipinski definition) is 2. The minimum Gasteiger partial charge on any atom is -0.480 e. The van der Waals surface area contributed by atoms with Gasteiger partial charge in [-0.3, -0.25) is 4.79 Å². The van der Waals surface area contributed by atoms with Gasteiger partial charge in [-0.1, -0.05) is 20.3 Å². The molecule has 0 fully saturated rings. The number of aromatic nitrogens is 2. The summed E-state index contributed by atoms with van der Waals surface area (Å²) in [7, 11) is 0. The number of pyridine rings is 1. The summed E-state index contributed by atoms with van der Waals surface area (Å²) in [6.07, 6.45) is 3.63. The van der Waals surface area contributed by atoms with Gasteiger partial charge in [0.15, 0.2) is 0 Å². The molecule has 2 aromatic rings. The molecule has 0 saturated heterocycles. The van der Waals surface area contributed by atoms with Crippen LogP contribution in [0.5, 0.6) is 0 Å². The van der Waals surface area contributed by atoms with E-state index in [-0.39, 0.29) is 5.91 Å². The maximum absolute atomic E-state index is 12.3. The lowest BCUT2D eigenvalue weighted by atomic mass is 10.1. The molecule has 118 valence electrons. The van der Waals surface area contributed by atoms with Crippen molar-refractivity contribution in [1.29, 1.82) is 0 Å². The Labute approximate surface area is 129 Å². The lowest BCUT2D eigenvalue weighted by Gasteiger charge is -2.13. The Kier molecular flexibility index (Phi) is 4.80. The van der Waals surface area contributed by atoms with Crippen LogP contribution in [0.15, 0.2) is 18.3 Å². The first kappa shape index (κ1) is 16.0. The van der Waals surface area contributed by atoms with Crippen molar-refractivity contribution in [2.75, 3.05) is 0 Å². The van der Waals surface area contributed by atoms with Gasteiger partial charge in [0, 0.05) is 11.9 Å². The van der Waals surface area contributed by atoms with E-state index in [1.807, 2.05) is 25.2 Å². The largest absolute Gasteiger partial charge is 0.480 e. The average Bonchev–Trinajstić information content (AvgIpc) is 2.82. The van der Waals surface area contributed by atoms with E-state index in [0.717, 1.165) is 23.5 Å². The quantitative estimate of drug-likeness (QED) is 0.857. The molecule has 2 aromatic heterocycles. The highest BCUT2D eigenvalue weighted by Gasteiger charge is 2.20. The topological polar surface area (TPSA) is 83.7 Å². The van der Waals surface area contributed by atoms with Gasteiger partial charge in [0.05, 0.1) is 11.3 Å². The minimum atomic E-state index is -1.01. The number of carbonyl (C=O) groups excluding carboxylic acids is 1. The fourth-order valence-corrected chi connectivity index (χ4v) is 2.47. The van der Waals surface area contributed by atoms with Crippen LogP contribution >= 0.6 is 0 Å². The smallest absolute Gasteiger partial charge is 0.326 e. The van der Waals surface area contributed by atoms with E-state index < -0.39 is 12.0 Å². The Morgan fingerprint density at radius 1 is 1.36 bits per heavy atom. The zero-order valence-corrected chi connectivity index (χ0v) is 13.1. The van der Waals surface area contributed by atoms with Crippen LogP contribution in [0.4, 0.5) is 0 Å². The van der Waals surface area contributed by atoms with Gasteiger partial charge in [-0.15, -0.1) is 0 Å². The molecule has 6 heteroatoms. The summed E-state index contributed by atoms with van der Waals surface area (Å²) in [4.78, 5) is 27.9. The third-order valence-electron chi connectivity index (χ3n) is 3.73. The summed E-state index contributed by atoms with van der Waals surface area (Å²) in [6, 6.07) is 2.58. The van der Waals surface area contributed by atoms with Crippen LogP contribution < -0.4 is 5.32 Å². The van der Waals surface area contributed by atoms with Crippen molar-refractivity contribution in [3.8, 4) is 0 Å². The molecule has 1 unspecified atom stereocenters. The number of carboxylic acids is 1. The molecule has 0 bridgehead atoms. The van der Waals surface area contributed by atoms with Gasteiger partial charge in [-0.2, -0.15) is 0 Å². The predicted octanol–water partition coefficient (Wildman–Crippen LogP) is 2.19. The highest BCUT2D eigenvalue weighted by molar-refractivity contribution is 5.96. The van der Waals surface area contributed by atoms with Crippen molar-refractivity contribution in [3.05, 3.63) is 35.3 Å². The summed E-state index contributed by atoms with van der Waals surface area (Å²) < 4.78 is 1.86. The molecule has 1 amide bonds. The van der Waals surface area contributed by atoms with Crippen molar-refractivity contribution >= 4 is 17.5 Å². The first-order valence-corrected chi connectivity index (χ1v) is 7.49. The Bertz CT molecular complexity index is 706. The van der Waals surface area contributed by atoms with E-state index in [1.54, 1.807) is 18.3 Å². The number of aryl methyl sites for hydroxylation is 2. The number of rotatable bonds is 6. The Balaban J connectivity index is 2.28. The summed E-state index contributed by atoms with van der Waals surface area (Å²) in [5, 5.41) is 11.7. The number of fused-ring (bicyclic) bond motifs is 1. The van der Waals surface area contributed by atoms with E-state index in [4.69, 9.17) is 5.11 Å². The average molecular weight is 303 g/mol.